The van der Waals surface area contributed by atoms with Gasteiger partial charge in [0.25, 0.3) is 0 Å². The van der Waals surface area contributed by atoms with E-state index in [0.29, 0.717) is 0 Å². The van der Waals surface area contributed by atoms with E-state index in [1.807, 2.05) is 6.92 Å². The highest BCUT2D eigenvalue weighted by molar-refractivity contribution is 5.73. The first-order valence-electron chi connectivity index (χ1n) is 9.36. The number of amides is 1. The second kappa shape index (κ2) is 12.1. The second-order valence-electron chi connectivity index (χ2n) is 6.52. The van der Waals surface area contributed by atoms with Crippen LogP contribution in [0.3, 0.4) is 0 Å². The van der Waals surface area contributed by atoms with Crippen LogP contribution in [0.4, 0.5) is 0 Å². The first-order valence-corrected chi connectivity index (χ1v) is 9.36. The summed E-state index contributed by atoms with van der Waals surface area (Å²) in [6, 6.07) is -0.972. The molecule has 10 nitrogen and oxygen atoms in total. The van der Waals surface area contributed by atoms with Crippen LogP contribution in [0, 0.1) is 0 Å². The summed E-state index contributed by atoms with van der Waals surface area (Å²) in [5, 5.41) is 2.62. The average Bonchev–Trinajstić information content (AvgIpc) is 2.60. The summed E-state index contributed by atoms with van der Waals surface area (Å²) in [4.78, 5) is 46.3. The summed E-state index contributed by atoms with van der Waals surface area (Å²) in [6.07, 6.45) is 0.534. The van der Waals surface area contributed by atoms with Crippen molar-refractivity contribution in [2.45, 2.75) is 78.1 Å². The summed E-state index contributed by atoms with van der Waals surface area (Å²) >= 11 is 0. The Kier molecular flexibility index (Phi) is 10.1. The maximum absolute atomic E-state index is 11.7. The molecule has 1 fully saturated rings. The van der Waals surface area contributed by atoms with Crippen molar-refractivity contribution in [2.75, 3.05) is 6.61 Å². The Balaban J connectivity index is 3.24. The Morgan fingerprint density at radius 2 is 1.59 bits per heavy atom. The Morgan fingerprint density at radius 1 is 0.966 bits per heavy atom. The van der Waals surface area contributed by atoms with Crippen LogP contribution in [0.15, 0.2) is 12.3 Å². The zero-order valence-electron chi connectivity index (χ0n) is 17.3. The van der Waals surface area contributed by atoms with Crippen LogP contribution in [0.1, 0.15) is 47.5 Å². The molecule has 0 aromatic heterocycles. The normalized spacial score (nSPS) is 26.4. The number of esters is 3. The van der Waals surface area contributed by atoms with E-state index in [1.165, 1.54) is 34.0 Å². The van der Waals surface area contributed by atoms with Gasteiger partial charge in [-0.2, -0.15) is 0 Å². The van der Waals surface area contributed by atoms with E-state index < -0.39 is 54.5 Å². The Bertz CT molecular complexity index is 619. The number of rotatable bonds is 9. The molecule has 0 bridgehead atoms. The third-order valence-electron chi connectivity index (χ3n) is 3.84. The first-order chi connectivity index (χ1) is 13.6. The summed E-state index contributed by atoms with van der Waals surface area (Å²) < 4.78 is 27.1. The molecule has 0 aromatic carbocycles. The number of carbonyl (C=O) groups is 4. The molecule has 1 saturated heterocycles. The lowest BCUT2D eigenvalue weighted by atomic mass is 9.96. The molecule has 164 valence electrons. The number of nitrogens with one attached hydrogen (secondary N) is 1. The van der Waals surface area contributed by atoms with Gasteiger partial charge in [0.05, 0.1) is 6.26 Å². The van der Waals surface area contributed by atoms with Crippen molar-refractivity contribution < 1.29 is 42.9 Å². The third kappa shape index (κ3) is 8.51. The van der Waals surface area contributed by atoms with E-state index in [-0.39, 0.29) is 6.61 Å². The fourth-order valence-corrected chi connectivity index (χ4v) is 2.77. The van der Waals surface area contributed by atoms with Gasteiger partial charge in [-0.05, 0) is 12.5 Å². The molecule has 1 heterocycles. The Hall–Kier alpha value is -2.62. The summed E-state index contributed by atoms with van der Waals surface area (Å²) in [6.45, 7) is 6.59. The van der Waals surface area contributed by atoms with Crippen LogP contribution in [0.5, 0.6) is 0 Å². The highest BCUT2D eigenvalue weighted by Gasteiger charge is 2.51. The van der Waals surface area contributed by atoms with Crippen LogP contribution in [0.25, 0.3) is 0 Å². The number of hydrogen-bond acceptors (Lipinski definition) is 9. The van der Waals surface area contributed by atoms with Gasteiger partial charge in [0.15, 0.2) is 12.2 Å². The van der Waals surface area contributed by atoms with Gasteiger partial charge in [-0.1, -0.05) is 13.3 Å². The molecule has 0 radical (unpaired) electrons. The highest BCUT2D eigenvalue weighted by Crippen LogP contribution is 2.28. The van der Waals surface area contributed by atoms with Crippen molar-refractivity contribution in [2.24, 2.45) is 0 Å². The van der Waals surface area contributed by atoms with E-state index in [4.69, 9.17) is 23.7 Å². The van der Waals surface area contributed by atoms with E-state index in [0.717, 1.165) is 12.8 Å². The molecule has 1 unspecified atom stereocenters. The van der Waals surface area contributed by atoms with E-state index in [9.17, 15) is 19.2 Å². The predicted molar refractivity (Wildman–Crippen MR) is 99.1 cm³/mol. The minimum absolute atomic E-state index is 0.267. The minimum atomic E-state index is -1.13. The van der Waals surface area contributed by atoms with Crippen molar-refractivity contribution in [3.63, 3.8) is 0 Å². The van der Waals surface area contributed by atoms with Crippen LogP contribution < -0.4 is 5.32 Å². The monoisotopic (exact) mass is 415 g/mol. The lowest BCUT2D eigenvalue weighted by Gasteiger charge is -2.44. The maximum Gasteiger partial charge on any atom is 0.303 e. The zero-order valence-corrected chi connectivity index (χ0v) is 17.3. The highest BCUT2D eigenvalue weighted by atomic mass is 16.7. The smallest absolute Gasteiger partial charge is 0.303 e. The molecule has 5 atom stereocenters. The van der Waals surface area contributed by atoms with Crippen LogP contribution >= 0.6 is 0 Å². The molecule has 29 heavy (non-hydrogen) atoms. The van der Waals surface area contributed by atoms with E-state index in [2.05, 4.69) is 5.32 Å². The molecular formula is C19H29NO9. The number of allylic oxidation sites excluding steroid dienone is 1. The van der Waals surface area contributed by atoms with Gasteiger partial charge in [0, 0.05) is 27.7 Å². The molecule has 1 aliphatic heterocycles. The van der Waals surface area contributed by atoms with Crippen LogP contribution in [-0.2, 0) is 42.9 Å². The van der Waals surface area contributed by atoms with Gasteiger partial charge in [0.1, 0.15) is 18.8 Å². The maximum atomic E-state index is 11.7. The van der Waals surface area contributed by atoms with Crippen molar-refractivity contribution in [1.82, 2.24) is 5.32 Å². The molecule has 1 aliphatic rings. The molecule has 0 saturated carbocycles. The number of ether oxygens (including phenoxy) is 5. The third-order valence-corrected chi connectivity index (χ3v) is 3.84. The molecule has 1 amide bonds. The zero-order chi connectivity index (χ0) is 22.0. The van der Waals surface area contributed by atoms with Gasteiger partial charge in [-0.25, -0.2) is 0 Å². The standard InChI is InChI=1S/C19H29NO9/c1-6-7-8-9-25-19-16(20-11(2)21)18(28-14(5)24)17(27-13(4)23)15(29-19)10-26-12(3)22/h8-9,15-19H,6-7,10H2,1-5H3,(H,20,21)/t15-,16-,17-,18-,19?/m1/s1. The summed E-state index contributed by atoms with van der Waals surface area (Å²) in [7, 11) is 0. The molecule has 10 heteroatoms. The fraction of sp³-hybridized carbons (Fsp3) is 0.684. The SMILES string of the molecule is CCCC=COC1O[C@H](COC(C)=O)[C@@H](OC(C)=O)[C@H](OC(C)=O)[C@H]1NC(C)=O. The number of hydrogen-bond donors (Lipinski definition) is 1. The van der Waals surface area contributed by atoms with Crippen molar-refractivity contribution in [3.8, 4) is 0 Å². The van der Waals surface area contributed by atoms with Crippen molar-refractivity contribution in [3.05, 3.63) is 12.3 Å². The van der Waals surface area contributed by atoms with E-state index >= 15 is 0 Å². The average molecular weight is 415 g/mol. The Morgan fingerprint density at radius 3 is 2.10 bits per heavy atom. The lowest BCUT2D eigenvalue weighted by molar-refractivity contribution is -0.265. The molecular weight excluding hydrogens is 386 g/mol. The summed E-state index contributed by atoms with van der Waals surface area (Å²) in [5.41, 5.74) is 0. The topological polar surface area (TPSA) is 126 Å². The molecule has 0 aromatic rings. The van der Waals surface area contributed by atoms with Crippen LogP contribution in [-0.4, -0.2) is 61.1 Å². The number of unbranched alkanes of at least 4 members (excludes halogenated alkanes) is 1. The largest absolute Gasteiger partial charge is 0.470 e. The fourth-order valence-electron chi connectivity index (χ4n) is 2.77. The Labute approximate surface area is 169 Å². The van der Waals surface area contributed by atoms with Gasteiger partial charge < -0.3 is 29.0 Å². The first kappa shape index (κ1) is 24.4. The second-order valence-corrected chi connectivity index (χ2v) is 6.52. The van der Waals surface area contributed by atoms with Crippen molar-refractivity contribution >= 4 is 23.8 Å². The van der Waals surface area contributed by atoms with E-state index in [1.54, 1.807) is 6.08 Å². The minimum Gasteiger partial charge on any atom is -0.470 e. The number of carbonyl (C=O) groups excluding carboxylic acids is 4. The molecule has 1 rings (SSSR count). The lowest BCUT2D eigenvalue weighted by Crippen LogP contribution is -2.66. The molecule has 1 N–H and O–H groups in total. The van der Waals surface area contributed by atoms with Gasteiger partial charge in [-0.15, -0.1) is 0 Å². The van der Waals surface area contributed by atoms with Crippen LogP contribution in [0.2, 0.25) is 0 Å². The van der Waals surface area contributed by atoms with Gasteiger partial charge in [-0.3, -0.25) is 19.2 Å². The quantitative estimate of drug-likeness (QED) is 0.333. The van der Waals surface area contributed by atoms with Gasteiger partial charge in [0.2, 0.25) is 12.2 Å². The molecule has 0 spiro atoms. The molecule has 0 aliphatic carbocycles. The summed E-state index contributed by atoms with van der Waals surface area (Å²) in [5.74, 6) is -2.31. The van der Waals surface area contributed by atoms with Crippen molar-refractivity contribution in [1.29, 1.82) is 0 Å². The predicted octanol–water partition coefficient (Wildman–Crippen LogP) is 0.973. The van der Waals surface area contributed by atoms with Gasteiger partial charge >= 0.3 is 17.9 Å².